The molecule has 0 radical (unpaired) electrons. The van der Waals surface area contributed by atoms with Gasteiger partial charge in [-0.2, -0.15) is 4.31 Å². The van der Waals surface area contributed by atoms with Crippen molar-refractivity contribution < 1.29 is 18.3 Å². The van der Waals surface area contributed by atoms with Gasteiger partial charge in [0, 0.05) is 12.6 Å². The molecule has 0 bridgehead atoms. The van der Waals surface area contributed by atoms with E-state index in [2.05, 4.69) is 15.5 Å². The Labute approximate surface area is 138 Å². The zero-order chi connectivity index (χ0) is 17.3. The highest BCUT2D eigenvalue weighted by atomic mass is 32.2. The summed E-state index contributed by atoms with van der Waals surface area (Å²) in [6.07, 6.45) is 2.43. The fraction of sp³-hybridized carbons (Fsp3) is 0.429. The SMILES string of the molecule is C[C@@H]1[C@H](C(=O)O)CCCN1S(=O)(=O)c1ccc(-n2cnnn2)cc1. The smallest absolute Gasteiger partial charge is 0.308 e. The Morgan fingerprint density at radius 1 is 1.29 bits per heavy atom. The number of hydrogen-bond acceptors (Lipinski definition) is 6. The van der Waals surface area contributed by atoms with Crippen LogP contribution in [-0.2, 0) is 14.8 Å². The normalized spacial score (nSPS) is 22.4. The van der Waals surface area contributed by atoms with Crippen LogP contribution in [0.5, 0.6) is 0 Å². The van der Waals surface area contributed by atoms with Gasteiger partial charge in [0.15, 0.2) is 0 Å². The maximum absolute atomic E-state index is 12.8. The number of rotatable bonds is 4. The molecule has 1 fully saturated rings. The zero-order valence-electron chi connectivity index (χ0n) is 13.0. The lowest BCUT2D eigenvalue weighted by molar-refractivity contribution is -0.144. The third-order valence-electron chi connectivity index (χ3n) is 4.30. The highest BCUT2D eigenvalue weighted by molar-refractivity contribution is 7.89. The van der Waals surface area contributed by atoms with Gasteiger partial charge in [-0.05, 0) is 54.5 Å². The molecular weight excluding hydrogens is 334 g/mol. The van der Waals surface area contributed by atoms with Gasteiger partial charge in [0.1, 0.15) is 6.33 Å². The minimum absolute atomic E-state index is 0.122. The van der Waals surface area contributed by atoms with Gasteiger partial charge in [0.2, 0.25) is 10.0 Å². The van der Waals surface area contributed by atoms with Crippen molar-refractivity contribution in [3.63, 3.8) is 0 Å². The molecule has 2 aromatic rings. The second kappa shape index (κ2) is 6.29. The second-order valence-electron chi connectivity index (χ2n) is 5.69. The van der Waals surface area contributed by atoms with Gasteiger partial charge in [-0.15, -0.1) is 5.10 Å². The van der Waals surface area contributed by atoms with E-state index in [-0.39, 0.29) is 4.90 Å². The summed E-state index contributed by atoms with van der Waals surface area (Å²) in [4.78, 5) is 11.4. The predicted octanol–water partition coefficient (Wildman–Crippen LogP) is 0.536. The number of piperidine rings is 1. The number of hydrogen-bond donors (Lipinski definition) is 1. The van der Waals surface area contributed by atoms with Gasteiger partial charge in [-0.3, -0.25) is 4.79 Å². The van der Waals surface area contributed by atoms with Crippen molar-refractivity contribution in [1.29, 1.82) is 0 Å². The summed E-state index contributed by atoms with van der Waals surface area (Å²) in [6.45, 7) is 1.97. The third kappa shape index (κ3) is 2.89. The number of nitrogens with zero attached hydrogens (tertiary/aromatic N) is 5. The fourth-order valence-electron chi connectivity index (χ4n) is 2.97. The molecule has 1 N–H and O–H groups in total. The van der Waals surface area contributed by atoms with Crippen molar-refractivity contribution in [3.8, 4) is 5.69 Å². The van der Waals surface area contributed by atoms with Crippen molar-refractivity contribution in [2.45, 2.75) is 30.7 Å². The molecule has 2 heterocycles. The molecule has 3 rings (SSSR count). The van der Waals surface area contributed by atoms with E-state index < -0.39 is 28.0 Å². The Kier molecular flexibility index (Phi) is 4.33. The monoisotopic (exact) mass is 351 g/mol. The van der Waals surface area contributed by atoms with E-state index in [0.717, 1.165) is 0 Å². The van der Waals surface area contributed by atoms with Gasteiger partial charge >= 0.3 is 5.97 Å². The van der Waals surface area contributed by atoms with Gasteiger partial charge in [0.05, 0.1) is 16.5 Å². The Morgan fingerprint density at radius 2 is 2.00 bits per heavy atom. The largest absolute Gasteiger partial charge is 0.481 e. The molecule has 0 unspecified atom stereocenters. The highest BCUT2D eigenvalue weighted by Gasteiger charge is 2.39. The molecule has 0 spiro atoms. The van der Waals surface area contributed by atoms with Crippen molar-refractivity contribution in [1.82, 2.24) is 24.5 Å². The number of carboxylic acid groups (broad SMARTS) is 1. The molecule has 1 aliphatic rings. The molecule has 1 aromatic heterocycles. The topological polar surface area (TPSA) is 118 Å². The number of carboxylic acids is 1. The summed E-state index contributed by atoms with van der Waals surface area (Å²) in [5, 5.41) is 20.1. The molecule has 1 aliphatic heterocycles. The molecular formula is C14H17N5O4S. The molecule has 0 amide bonds. The molecule has 0 saturated carbocycles. The van der Waals surface area contributed by atoms with E-state index in [1.165, 1.54) is 27.4 Å². The summed E-state index contributed by atoms with van der Waals surface area (Å²) in [6, 6.07) is 5.58. The van der Waals surface area contributed by atoms with Gasteiger partial charge in [-0.1, -0.05) is 0 Å². The van der Waals surface area contributed by atoms with Gasteiger partial charge < -0.3 is 5.11 Å². The third-order valence-corrected chi connectivity index (χ3v) is 6.30. The van der Waals surface area contributed by atoms with Gasteiger partial charge in [-0.25, -0.2) is 13.1 Å². The number of aromatic nitrogens is 4. The number of benzene rings is 1. The number of aliphatic carboxylic acids is 1. The van der Waals surface area contributed by atoms with Crippen LogP contribution in [0.15, 0.2) is 35.5 Å². The fourth-order valence-corrected chi connectivity index (χ4v) is 4.67. The van der Waals surface area contributed by atoms with Crippen LogP contribution in [0.25, 0.3) is 5.69 Å². The first-order valence-corrected chi connectivity index (χ1v) is 8.93. The first-order valence-electron chi connectivity index (χ1n) is 7.49. The average molecular weight is 351 g/mol. The molecule has 0 aliphatic carbocycles. The molecule has 1 saturated heterocycles. The van der Waals surface area contributed by atoms with Crippen molar-refractivity contribution in [3.05, 3.63) is 30.6 Å². The standard InChI is InChI=1S/C14H17N5O4S/c1-10-13(14(20)21)3-2-8-19(10)24(22,23)12-6-4-11(5-7-12)18-9-15-16-17-18/h4-7,9-10,13H,2-3,8H2,1H3,(H,20,21)/t10-,13-/m1/s1. The Morgan fingerprint density at radius 3 is 2.58 bits per heavy atom. The maximum atomic E-state index is 12.8. The summed E-state index contributed by atoms with van der Waals surface area (Å²) >= 11 is 0. The van der Waals surface area contributed by atoms with Crippen LogP contribution >= 0.6 is 0 Å². The summed E-state index contributed by atoms with van der Waals surface area (Å²) in [5.41, 5.74) is 0.633. The number of tetrazole rings is 1. The Bertz CT molecular complexity index is 819. The minimum Gasteiger partial charge on any atom is -0.481 e. The van der Waals surface area contributed by atoms with E-state index in [1.807, 2.05) is 0 Å². The van der Waals surface area contributed by atoms with Crippen LogP contribution < -0.4 is 0 Å². The molecule has 24 heavy (non-hydrogen) atoms. The highest BCUT2D eigenvalue weighted by Crippen LogP contribution is 2.29. The molecule has 2 atom stereocenters. The van der Waals surface area contributed by atoms with Crippen LogP contribution in [0.1, 0.15) is 19.8 Å². The van der Waals surface area contributed by atoms with E-state index in [9.17, 15) is 18.3 Å². The number of carbonyl (C=O) groups is 1. The van der Waals surface area contributed by atoms with Crippen molar-refractivity contribution in [2.75, 3.05) is 6.54 Å². The van der Waals surface area contributed by atoms with Crippen LogP contribution in [0.4, 0.5) is 0 Å². The predicted molar refractivity (Wildman–Crippen MR) is 82.9 cm³/mol. The summed E-state index contributed by atoms with van der Waals surface area (Å²) in [7, 11) is -3.75. The first kappa shape index (κ1) is 16.5. The quantitative estimate of drug-likeness (QED) is 0.854. The number of sulfonamides is 1. The molecule has 9 nitrogen and oxygen atoms in total. The average Bonchev–Trinajstić information content (AvgIpc) is 3.09. The van der Waals surface area contributed by atoms with E-state index in [0.29, 0.717) is 25.1 Å². The Hall–Kier alpha value is -2.33. The zero-order valence-corrected chi connectivity index (χ0v) is 13.8. The first-order chi connectivity index (χ1) is 11.4. The second-order valence-corrected chi connectivity index (χ2v) is 7.58. The Balaban J connectivity index is 1.88. The lowest BCUT2D eigenvalue weighted by Gasteiger charge is -2.36. The molecule has 1 aromatic carbocycles. The van der Waals surface area contributed by atoms with E-state index >= 15 is 0 Å². The van der Waals surface area contributed by atoms with Crippen molar-refractivity contribution >= 4 is 16.0 Å². The lowest BCUT2D eigenvalue weighted by atomic mass is 9.92. The molecule has 10 heteroatoms. The lowest BCUT2D eigenvalue weighted by Crippen LogP contribution is -2.48. The van der Waals surface area contributed by atoms with Crippen molar-refractivity contribution in [2.24, 2.45) is 5.92 Å². The van der Waals surface area contributed by atoms with E-state index in [4.69, 9.17) is 0 Å². The van der Waals surface area contributed by atoms with Gasteiger partial charge in [0.25, 0.3) is 0 Å². The summed E-state index contributed by atoms with van der Waals surface area (Å²) in [5.74, 6) is -1.65. The van der Waals surface area contributed by atoms with Crippen LogP contribution in [0.2, 0.25) is 0 Å². The van der Waals surface area contributed by atoms with Crippen LogP contribution in [0.3, 0.4) is 0 Å². The maximum Gasteiger partial charge on any atom is 0.308 e. The van der Waals surface area contributed by atoms with Crippen LogP contribution in [-0.4, -0.2) is 56.6 Å². The molecule has 128 valence electrons. The minimum atomic E-state index is -3.75. The van der Waals surface area contributed by atoms with E-state index in [1.54, 1.807) is 19.1 Å². The van der Waals surface area contributed by atoms with Crippen LogP contribution in [0, 0.1) is 5.92 Å². The summed E-state index contributed by atoms with van der Waals surface area (Å²) < 4.78 is 28.4.